The molecule has 1 aromatic carbocycles. The maximum absolute atomic E-state index is 12.7. The molecule has 2 N–H and O–H groups in total. The molecule has 0 aliphatic carbocycles. The number of hydrogen-bond acceptors (Lipinski definition) is 3. The Morgan fingerprint density at radius 2 is 1.88 bits per heavy atom. The summed E-state index contributed by atoms with van der Waals surface area (Å²) in [7, 11) is 0. The summed E-state index contributed by atoms with van der Waals surface area (Å²) in [6.07, 6.45) is 1.76. The van der Waals surface area contributed by atoms with Gasteiger partial charge in [-0.1, -0.05) is 6.07 Å². The van der Waals surface area contributed by atoms with Gasteiger partial charge in [0.05, 0.1) is 11.0 Å². The van der Waals surface area contributed by atoms with Crippen molar-refractivity contribution in [3.63, 3.8) is 0 Å². The van der Waals surface area contributed by atoms with Crippen LogP contribution in [0, 0.1) is 25.2 Å². The minimum absolute atomic E-state index is 0.0921. The first-order valence-corrected chi connectivity index (χ1v) is 8.63. The van der Waals surface area contributed by atoms with Crippen LogP contribution in [0.25, 0.3) is 0 Å². The molecule has 1 unspecified atom stereocenters. The standard InChI is InChI=1S/C19H26N2O3/c1-11-5-6-14(15(22)12(11)2)17(23)21-9-7-13(8-10-21)16-19(3,4)18(24)20-16/h5-6,13,16,22H,7-10H2,1-4H3,(H,20,24). The highest BCUT2D eigenvalue weighted by molar-refractivity contribution is 5.97. The predicted octanol–water partition coefficient (Wildman–Crippen LogP) is 2.39. The maximum Gasteiger partial charge on any atom is 0.257 e. The number of carbonyl (C=O) groups is 2. The number of nitrogens with zero attached hydrogens (tertiary/aromatic N) is 1. The highest BCUT2D eigenvalue weighted by Gasteiger charge is 2.51. The van der Waals surface area contributed by atoms with E-state index in [2.05, 4.69) is 5.32 Å². The molecule has 0 spiro atoms. The highest BCUT2D eigenvalue weighted by atomic mass is 16.3. The lowest BCUT2D eigenvalue weighted by Gasteiger charge is -2.50. The van der Waals surface area contributed by atoms with Gasteiger partial charge in [-0.2, -0.15) is 0 Å². The lowest BCUT2D eigenvalue weighted by atomic mass is 9.68. The molecular formula is C19H26N2O3. The summed E-state index contributed by atoms with van der Waals surface area (Å²) >= 11 is 0. The number of likely N-dealkylation sites (tertiary alicyclic amines) is 1. The molecule has 24 heavy (non-hydrogen) atoms. The van der Waals surface area contributed by atoms with Crippen LogP contribution in [0.5, 0.6) is 5.75 Å². The van der Waals surface area contributed by atoms with Gasteiger partial charge in [-0.05, 0) is 63.6 Å². The molecule has 5 nitrogen and oxygen atoms in total. The van der Waals surface area contributed by atoms with Gasteiger partial charge in [-0.25, -0.2) is 0 Å². The Morgan fingerprint density at radius 1 is 1.25 bits per heavy atom. The number of piperidine rings is 1. The molecule has 2 amide bonds. The van der Waals surface area contributed by atoms with Gasteiger partial charge in [-0.3, -0.25) is 9.59 Å². The van der Waals surface area contributed by atoms with E-state index in [-0.39, 0.29) is 29.0 Å². The van der Waals surface area contributed by atoms with Gasteiger partial charge >= 0.3 is 0 Å². The number of rotatable bonds is 2. The van der Waals surface area contributed by atoms with Gasteiger partial charge in [0, 0.05) is 19.1 Å². The summed E-state index contributed by atoms with van der Waals surface area (Å²) in [4.78, 5) is 26.2. The van der Waals surface area contributed by atoms with E-state index in [1.165, 1.54) is 0 Å². The second-order valence-electron chi connectivity index (χ2n) is 7.71. The topological polar surface area (TPSA) is 69.6 Å². The van der Waals surface area contributed by atoms with Gasteiger partial charge in [0.15, 0.2) is 0 Å². The average molecular weight is 330 g/mol. The van der Waals surface area contributed by atoms with Crippen molar-refractivity contribution in [2.24, 2.45) is 11.3 Å². The molecule has 1 atom stereocenters. The van der Waals surface area contributed by atoms with Crippen LogP contribution in [-0.4, -0.2) is 41.0 Å². The van der Waals surface area contributed by atoms with E-state index < -0.39 is 0 Å². The fourth-order valence-electron chi connectivity index (χ4n) is 3.86. The third-order valence-electron chi connectivity index (χ3n) is 5.88. The van der Waals surface area contributed by atoms with Crippen molar-refractivity contribution >= 4 is 11.8 Å². The number of phenols is 1. The number of carbonyl (C=O) groups excluding carboxylic acids is 2. The van der Waals surface area contributed by atoms with Crippen molar-refractivity contribution in [3.05, 3.63) is 28.8 Å². The molecule has 3 rings (SSSR count). The Morgan fingerprint density at radius 3 is 2.42 bits per heavy atom. The Hall–Kier alpha value is -2.04. The number of phenolic OH excluding ortho intramolecular Hbond substituents is 1. The third kappa shape index (κ3) is 2.56. The van der Waals surface area contributed by atoms with Crippen LogP contribution in [0.4, 0.5) is 0 Å². The predicted molar refractivity (Wildman–Crippen MR) is 91.9 cm³/mol. The number of hydrogen-bond donors (Lipinski definition) is 2. The molecule has 1 aromatic rings. The molecule has 2 heterocycles. The molecule has 2 saturated heterocycles. The number of nitrogens with one attached hydrogen (secondary N) is 1. The van der Waals surface area contributed by atoms with E-state index in [1.54, 1.807) is 6.07 Å². The normalized spacial score (nSPS) is 23.6. The van der Waals surface area contributed by atoms with Crippen molar-refractivity contribution in [3.8, 4) is 5.75 Å². The van der Waals surface area contributed by atoms with Crippen LogP contribution >= 0.6 is 0 Å². The molecule has 0 aromatic heterocycles. The summed E-state index contributed by atoms with van der Waals surface area (Å²) in [6.45, 7) is 9.05. The van der Waals surface area contributed by atoms with E-state index in [0.717, 1.165) is 24.0 Å². The molecule has 2 fully saturated rings. The molecule has 2 aliphatic heterocycles. The first kappa shape index (κ1) is 16.8. The first-order valence-electron chi connectivity index (χ1n) is 8.63. The second-order valence-corrected chi connectivity index (χ2v) is 7.71. The van der Waals surface area contributed by atoms with E-state index in [4.69, 9.17) is 0 Å². The lowest BCUT2D eigenvalue weighted by Crippen LogP contribution is -2.68. The number of β-lactam (4-membered cyclic amide) rings is 1. The largest absolute Gasteiger partial charge is 0.507 e. The molecular weight excluding hydrogens is 304 g/mol. The van der Waals surface area contributed by atoms with Crippen molar-refractivity contribution in [2.45, 2.75) is 46.6 Å². The number of aromatic hydroxyl groups is 1. The zero-order valence-electron chi connectivity index (χ0n) is 14.8. The third-order valence-corrected chi connectivity index (χ3v) is 5.88. The van der Waals surface area contributed by atoms with Gasteiger partial charge < -0.3 is 15.3 Å². The Balaban J connectivity index is 1.66. The summed E-state index contributed by atoms with van der Waals surface area (Å²) in [5, 5.41) is 13.3. The first-order chi connectivity index (χ1) is 11.2. The van der Waals surface area contributed by atoms with Crippen LogP contribution < -0.4 is 5.32 Å². The molecule has 0 radical (unpaired) electrons. The quantitative estimate of drug-likeness (QED) is 0.818. The minimum atomic E-state index is -0.302. The van der Waals surface area contributed by atoms with Crippen LogP contribution in [-0.2, 0) is 4.79 Å². The monoisotopic (exact) mass is 330 g/mol. The average Bonchev–Trinajstić information content (AvgIpc) is 2.57. The van der Waals surface area contributed by atoms with Crippen LogP contribution in [0.1, 0.15) is 48.2 Å². The van der Waals surface area contributed by atoms with Crippen molar-refractivity contribution in [2.75, 3.05) is 13.1 Å². The molecule has 2 aliphatic rings. The smallest absolute Gasteiger partial charge is 0.257 e. The molecule has 0 bridgehead atoms. The Bertz CT molecular complexity index is 688. The summed E-state index contributed by atoms with van der Waals surface area (Å²) in [6, 6.07) is 3.79. The van der Waals surface area contributed by atoms with Crippen LogP contribution in [0.2, 0.25) is 0 Å². The molecule has 5 heteroatoms. The van der Waals surface area contributed by atoms with Gasteiger partial charge in [0.2, 0.25) is 5.91 Å². The Kier molecular flexibility index (Phi) is 4.06. The minimum Gasteiger partial charge on any atom is -0.507 e. The lowest BCUT2D eigenvalue weighted by molar-refractivity contribution is -0.146. The Labute approximate surface area is 143 Å². The number of aryl methyl sites for hydroxylation is 1. The highest BCUT2D eigenvalue weighted by Crippen LogP contribution is 2.39. The SMILES string of the molecule is Cc1ccc(C(=O)N2CCC(C3NC(=O)C3(C)C)CC2)c(O)c1C. The van der Waals surface area contributed by atoms with Crippen molar-refractivity contribution in [1.29, 1.82) is 0 Å². The summed E-state index contributed by atoms with van der Waals surface area (Å²) in [5.74, 6) is 0.515. The van der Waals surface area contributed by atoms with Crippen LogP contribution in [0.15, 0.2) is 12.1 Å². The second kappa shape index (κ2) is 5.80. The fourth-order valence-corrected chi connectivity index (χ4v) is 3.86. The summed E-state index contributed by atoms with van der Waals surface area (Å²) in [5.41, 5.74) is 1.82. The maximum atomic E-state index is 12.7. The zero-order valence-corrected chi connectivity index (χ0v) is 14.8. The van der Waals surface area contributed by atoms with E-state index in [1.807, 2.05) is 38.7 Å². The molecule has 0 saturated carbocycles. The van der Waals surface area contributed by atoms with E-state index in [9.17, 15) is 14.7 Å². The van der Waals surface area contributed by atoms with Crippen LogP contribution in [0.3, 0.4) is 0 Å². The van der Waals surface area contributed by atoms with Crippen molar-refractivity contribution in [1.82, 2.24) is 10.2 Å². The zero-order chi connectivity index (χ0) is 17.6. The van der Waals surface area contributed by atoms with Gasteiger partial charge in [-0.15, -0.1) is 0 Å². The van der Waals surface area contributed by atoms with Gasteiger partial charge in [0.1, 0.15) is 5.75 Å². The van der Waals surface area contributed by atoms with Crippen molar-refractivity contribution < 1.29 is 14.7 Å². The van der Waals surface area contributed by atoms with E-state index >= 15 is 0 Å². The van der Waals surface area contributed by atoms with E-state index in [0.29, 0.717) is 24.6 Å². The number of amides is 2. The van der Waals surface area contributed by atoms with Gasteiger partial charge in [0.25, 0.3) is 5.91 Å². The molecule has 130 valence electrons. The number of benzene rings is 1. The fraction of sp³-hybridized carbons (Fsp3) is 0.579. The summed E-state index contributed by atoms with van der Waals surface area (Å²) < 4.78 is 0.